The Morgan fingerprint density at radius 2 is 2.00 bits per heavy atom. The quantitative estimate of drug-likeness (QED) is 0.727. The van der Waals surface area contributed by atoms with Crippen LogP contribution in [0.5, 0.6) is 0 Å². The average Bonchev–Trinajstić information content (AvgIpc) is 2.62. The highest BCUT2D eigenvalue weighted by Gasteiger charge is 2.24. The topological polar surface area (TPSA) is 38.5 Å². The Hall–Kier alpha value is -0.120. The lowest BCUT2D eigenvalue weighted by Crippen LogP contribution is -2.31. The summed E-state index contributed by atoms with van der Waals surface area (Å²) in [7, 11) is 2.18. The normalized spacial score (nSPS) is 26.8. The number of nitrogens with two attached hydrogens (primary N) is 1. The third-order valence-corrected chi connectivity index (χ3v) is 3.06. The first-order valence-electron chi connectivity index (χ1n) is 6.16. The van der Waals surface area contributed by atoms with Crippen molar-refractivity contribution < 1.29 is 4.74 Å². The Bertz CT molecular complexity index is 173. The summed E-state index contributed by atoms with van der Waals surface area (Å²) in [6.07, 6.45) is 4.31. The summed E-state index contributed by atoms with van der Waals surface area (Å²) in [5.41, 5.74) is 5.59. The van der Waals surface area contributed by atoms with Crippen LogP contribution >= 0.6 is 0 Å². The van der Waals surface area contributed by atoms with Crippen LogP contribution in [-0.2, 0) is 4.74 Å². The molecule has 2 atom stereocenters. The van der Waals surface area contributed by atoms with Gasteiger partial charge in [-0.2, -0.15) is 0 Å². The zero-order chi connectivity index (χ0) is 11.3. The minimum Gasteiger partial charge on any atom is -0.372 e. The lowest BCUT2D eigenvalue weighted by molar-refractivity contribution is 0.0312. The molecule has 1 aliphatic heterocycles. The van der Waals surface area contributed by atoms with Gasteiger partial charge in [-0.15, -0.1) is 0 Å². The molecule has 0 aromatic rings. The molecular weight excluding hydrogens is 188 g/mol. The van der Waals surface area contributed by atoms with Crippen molar-refractivity contribution >= 4 is 0 Å². The molecule has 0 aromatic carbocycles. The lowest BCUT2D eigenvalue weighted by Gasteiger charge is -2.21. The van der Waals surface area contributed by atoms with E-state index in [1.807, 2.05) is 0 Å². The van der Waals surface area contributed by atoms with Gasteiger partial charge in [0.05, 0.1) is 12.2 Å². The molecule has 1 saturated heterocycles. The van der Waals surface area contributed by atoms with Gasteiger partial charge in [0.1, 0.15) is 0 Å². The molecule has 0 bridgehead atoms. The number of hydrogen-bond acceptors (Lipinski definition) is 3. The van der Waals surface area contributed by atoms with Crippen molar-refractivity contribution in [1.82, 2.24) is 4.90 Å². The van der Waals surface area contributed by atoms with E-state index in [0.717, 1.165) is 18.9 Å². The second-order valence-electron chi connectivity index (χ2n) is 5.14. The van der Waals surface area contributed by atoms with Gasteiger partial charge in [-0.3, -0.25) is 0 Å². The van der Waals surface area contributed by atoms with Gasteiger partial charge in [0, 0.05) is 13.1 Å². The molecule has 1 fully saturated rings. The van der Waals surface area contributed by atoms with Gasteiger partial charge in [0.25, 0.3) is 0 Å². The third kappa shape index (κ3) is 4.96. The van der Waals surface area contributed by atoms with Crippen LogP contribution in [0.1, 0.15) is 33.1 Å². The van der Waals surface area contributed by atoms with E-state index in [1.54, 1.807) is 0 Å². The molecule has 3 nitrogen and oxygen atoms in total. The van der Waals surface area contributed by atoms with E-state index < -0.39 is 0 Å². The number of nitrogens with zero attached hydrogens (tertiary/aromatic N) is 1. The number of likely N-dealkylation sites (N-methyl/N-ethyl adjacent to an activating group) is 1. The molecule has 15 heavy (non-hydrogen) atoms. The summed E-state index contributed by atoms with van der Waals surface area (Å²) in [5.74, 6) is 0.786. The summed E-state index contributed by atoms with van der Waals surface area (Å²) in [4.78, 5) is 2.38. The summed E-state index contributed by atoms with van der Waals surface area (Å²) in [5, 5.41) is 0. The van der Waals surface area contributed by atoms with Gasteiger partial charge >= 0.3 is 0 Å². The van der Waals surface area contributed by atoms with Gasteiger partial charge in [0.15, 0.2) is 0 Å². The SMILES string of the molecule is CC(C)CCN(C)CC1CCC(CN)O1. The van der Waals surface area contributed by atoms with Crippen molar-refractivity contribution in [3.63, 3.8) is 0 Å². The molecule has 3 heteroatoms. The van der Waals surface area contributed by atoms with Crippen LogP contribution in [0.25, 0.3) is 0 Å². The van der Waals surface area contributed by atoms with Crippen molar-refractivity contribution in [3.8, 4) is 0 Å². The van der Waals surface area contributed by atoms with E-state index in [0.29, 0.717) is 18.8 Å². The van der Waals surface area contributed by atoms with E-state index >= 15 is 0 Å². The lowest BCUT2D eigenvalue weighted by atomic mass is 10.1. The first kappa shape index (κ1) is 12.9. The predicted molar refractivity (Wildman–Crippen MR) is 63.9 cm³/mol. The first-order valence-corrected chi connectivity index (χ1v) is 6.16. The van der Waals surface area contributed by atoms with E-state index in [1.165, 1.54) is 19.4 Å². The van der Waals surface area contributed by atoms with Crippen LogP contribution in [0.2, 0.25) is 0 Å². The molecule has 0 radical (unpaired) electrons. The highest BCUT2D eigenvalue weighted by Crippen LogP contribution is 2.19. The Balaban J connectivity index is 2.13. The molecule has 1 aliphatic rings. The van der Waals surface area contributed by atoms with Gasteiger partial charge in [-0.25, -0.2) is 0 Å². The van der Waals surface area contributed by atoms with Crippen LogP contribution in [0.15, 0.2) is 0 Å². The standard InChI is InChI=1S/C12H26N2O/c1-10(2)6-7-14(3)9-12-5-4-11(8-13)15-12/h10-12H,4-9,13H2,1-3H3. The smallest absolute Gasteiger partial charge is 0.0707 e. The van der Waals surface area contributed by atoms with Crippen molar-refractivity contribution in [2.75, 3.05) is 26.7 Å². The molecule has 0 saturated carbocycles. The van der Waals surface area contributed by atoms with Crippen LogP contribution in [0.4, 0.5) is 0 Å². The Morgan fingerprint density at radius 3 is 2.53 bits per heavy atom. The van der Waals surface area contributed by atoms with Crippen molar-refractivity contribution in [3.05, 3.63) is 0 Å². The number of ether oxygens (including phenoxy) is 1. The summed E-state index contributed by atoms with van der Waals surface area (Å²) < 4.78 is 5.82. The van der Waals surface area contributed by atoms with E-state index in [2.05, 4.69) is 25.8 Å². The maximum absolute atomic E-state index is 5.82. The third-order valence-electron chi connectivity index (χ3n) is 3.06. The minimum absolute atomic E-state index is 0.313. The molecule has 0 aromatic heterocycles. The highest BCUT2D eigenvalue weighted by molar-refractivity contribution is 4.76. The zero-order valence-electron chi connectivity index (χ0n) is 10.4. The molecule has 2 N–H and O–H groups in total. The van der Waals surface area contributed by atoms with Gasteiger partial charge in [-0.1, -0.05) is 13.8 Å². The molecule has 1 rings (SSSR count). The Labute approximate surface area is 94.0 Å². The summed E-state index contributed by atoms with van der Waals surface area (Å²) in [6, 6.07) is 0. The van der Waals surface area contributed by atoms with Gasteiger partial charge < -0.3 is 15.4 Å². The van der Waals surface area contributed by atoms with Gasteiger partial charge in [-0.05, 0) is 38.8 Å². The fraction of sp³-hybridized carbons (Fsp3) is 1.00. The summed E-state index contributed by atoms with van der Waals surface area (Å²) in [6.45, 7) is 7.44. The summed E-state index contributed by atoms with van der Waals surface area (Å²) >= 11 is 0. The molecule has 1 heterocycles. The second kappa shape index (κ2) is 6.46. The fourth-order valence-corrected chi connectivity index (χ4v) is 2.01. The minimum atomic E-state index is 0.313. The Kier molecular flexibility index (Phi) is 5.58. The first-order chi connectivity index (χ1) is 7.11. The molecular formula is C12H26N2O. The van der Waals surface area contributed by atoms with Crippen LogP contribution in [-0.4, -0.2) is 43.8 Å². The molecule has 0 amide bonds. The van der Waals surface area contributed by atoms with E-state index in [4.69, 9.17) is 10.5 Å². The predicted octanol–water partition coefficient (Wildman–Crippen LogP) is 1.47. The Morgan fingerprint density at radius 1 is 1.33 bits per heavy atom. The van der Waals surface area contributed by atoms with Gasteiger partial charge in [0.2, 0.25) is 0 Å². The van der Waals surface area contributed by atoms with Crippen LogP contribution in [0, 0.1) is 5.92 Å². The monoisotopic (exact) mass is 214 g/mol. The maximum atomic E-state index is 5.82. The highest BCUT2D eigenvalue weighted by atomic mass is 16.5. The molecule has 0 aliphatic carbocycles. The van der Waals surface area contributed by atoms with Crippen molar-refractivity contribution in [2.24, 2.45) is 11.7 Å². The van der Waals surface area contributed by atoms with E-state index in [-0.39, 0.29) is 0 Å². The molecule has 0 spiro atoms. The van der Waals surface area contributed by atoms with Crippen LogP contribution in [0.3, 0.4) is 0 Å². The zero-order valence-corrected chi connectivity index (χ0v) is 10.4. The second-order valence-corrected chi connectivity index (χ2v) is 5.14. The maximum Gasteiger partial charge on any atom is 0.0707 e. The van der Waals surface area contributed by atoms with Crippen LogP contribution < -0.4 is 5.73 Å². The number of rotatable bonds is 6. The van der Waals surface area contributed by atoms with E-state index in [9.17, 15) is 0 Å². The largest absolute Gasteiger partial charge is 0.372 e. The molecule has 90 valence electrons. The van der Waals surface area contributed by atoms with Crippen molar-refractivity contribution in [1.29, 1.82) is 0 Å². The number of hydrogen-bond donors (Lipinski definition) is 1. The average molecular weight is 214 g/mol. The fourth-order valence-electron chi connectivity index (χ4n) is 2.01. The molecule has 2 unspecified atom stereocenters. The van der Waals surface area contributed by atoms with Crippen molar-refractivity contribution in [2.45, 2.75) is 45.3 Å².